The van der Waals surface area contributed by atoms with E-state index in [0.717, 1.165) is 17.4 Å². The molecule has 0 saturated heterocycles. The smallest absolute Gasteiger partial charge is 0.151 e. The first-order chi connectivity index (χ1) is 16.5. The fourth-order valence-corrected chi connectivity index (χ4v) is 3.77. The Hall–Kier alpha value is -4.06. The number of azo groups is 1. The van der Waals surface area contributed by atoms with Gasteiger partial charge in [0.15, 0.2) is 5.75 Å². The molecule has 0 fully saturated rings. The molecule has 34 heavy (non-hydrogen) atoms. The van der Waals surface area contributed by atoms with Crippen molar-refractivity contribution in [3.05, 3.63) is 83.4 Å². The fraction of sp³-hybridized carbons (Fsp3) is 0.214. The zero-order valence-corrected chi connectivity index (χ0v) is 19.3. The number of phenolic OH excluding ortho intramolecular Hbond substituents is 3. The maximum atomic E-state index is 10.7. The predicted octanol–water partition coefficient (Wildman–Crippen LogP) is 7.25. The summed E-state index contributed by atoms with van der Waals surface area (Å²) in [5, 5.41) is 40.8. The normalized spacial score (nSPS) is 11.4. The van der Waals surface area contributed by atoms with Crippen molar-refractivity contribution >= 4 is 22.1 Å². The van der Waals surface area contributed by atoms with Crippen LogP contribution in [0.5, 0.6) is 23.0 Å². The van der Waals surface area contributed by atoms with Crippen molar-refractivity contribution in [2.24, 2.45) is 10.2 Å². The standard InChI is InChI=1S/C28H28N2O4/c1-3-14-34-27-17-24(28(33)23-7-5-4-6-22(23)27)30-29-21-12-9-19(10-13-21)8-11-20-16-25(31)18(2)15-26(20)32/h4-7,9-10,12-13,15-17,31-33H,3,8,11,14H2,1-2H3. The summed E-state index contributed by atoms with van der Waals surface area (Å²) in [4.78, 5) is 0. The van der Waals surface area contributed by atoms with Crippen LogP contribution in [0.1, 0.15) is 30.0 Å². The third-order valence-corrected chi connectivity index (χ3v) is 5.71. The zero-order valence-electron chi connectivity index (χ0n) is 19.3. The Balaban J connectivity index is 1.50. The van der Waals surface area contributed by atoms with E-state index in [0.29, 0.717) is 53.1 Å². The zero-order chi connectivity index (χ0) is 24.1. The minimum absolute atomic E-state index is 0.0703. The van der Waals surface area contributed by atoms with Crippen LogP contribution in [0.4, 0.5) is 11.4 Å². The summed E-state index contributed by atoms with van der Waals surface area (Å²) in [6.45, 7) is 4.37. The van der Waals surface area contributed by atoms with E-state index in [4.69, 9.17) is 4.74 Å². The fourth-order valence-electron chi connectivity index (χ4n) is 3.77. The molecule has 0 radical (unpaired) electrons. The first-order valence-corrected chi connectivity index (χ1v) is 11.4. The Morgan fingerprint density at radius 3 is 2.26 bits per heavy atom. The van der Waals surface area contributed by atoms with Crippen molar-refractivity contribution in [2.75, 3.05) is 6.61 Å². The Morgan fingerprint density at radius 2 is 1.53 bits per heavy atom. The average Bonchev–Trinajstić information content (AvgIpc) is 2.85. The van der Waals surface area contributed by atoms with Gasteiger partial charge in [-0.1, -0.05) is 43.3 Å². The monoisotopic (exact) mass is 456 g/mol. The van der Waals surface area contributed by atoms with Crippen molar-refractivity contribution in [1.29, 1.82) is 0 Å². The van der Waals surface area contributed by atoms with Crippen LogP contribution < -0.4 is 4.74 Å². The highest BCUT2D eigenvalue weighted by Gasteiger charge is 2.12. The van der Waals surface area contributed by atoms with Gasteiger partial charge in [-0.05, 0) is 67.1 Å². The molecule has 4 aromatic rings. The quantitative estimate of drug-likeness (QED) is 0.192. The molecule has 0 aromatic heterocycles. The van der Waals surface area contributed by atoms with Crippen molar-refractivity contribution in [3.63, 3.8) is 0 Å². The second kappa shape index (κ2) is 10.3. The van der Waals surface area contributed by atoms with Crippen LogP contribution in [0.3, 0.4) is 0 Å². The largest absolute Gasteiger partial charge is 0.508 e. The number of hydrogen-bond acceptors (Lipinski definition) is 6. The van der Waals surface area contributed by atoms with Gasteiger partial charge in [-0.3, -0.25) is 0 Å². The van der Waals surface area contributed by atoms with Crippen LogP contribution in [0.25, 0.3) is 10.8 Å². The number of rotatable bonds is 8. The topological polar surface area (TPSA) is 94.6 Å². The molecular weight excluding hydrogens is 428 g/mol. The van der Waals surface area contributed by atoms with Gasteiger partial charge >= 0.3 is 0 Å². The van der Waals surface area contributed by atoms with Crippen LogP contribution in [-0.4, -0.2) is 21.9 Å². The lowest BCUT2D eigenvalue weighted by Gasteiger charge is -2.11. The highest BCUT2D eigenvalue weighted by Crippen LogP contribution is 2.41. The number of phenols is 3. The molecule has 0 saturated carbocycles. The van der Waals surface area contributed by atoms with Gasteiger partial charge in [-0.2, -0.15) is 5.11 Å². The lowest BCUT2D eigenvalue weighted by atomic mass is 10.0. The number of aromatic hydroxyl groups is 3. The molecule has 6 heteroatoms. The Bertz CT molecular complexity index is 1330. The molecule has 4 rings (SSSR count). The van der Waals surface area contributed by atoms with Gasteiger partial charge in [0, 0.05) is 16.8 Å². The first kappa shape index (κ1) is 23.1. The van der Waals surface area contributed by atoms with Gasteiger partial charge < -0.3 is 20.1 Å². The maximum Gasteiger partial charge on any atom is 0.151 e. The Morgan fingerprint density at radius 1 is 0.794 bits per heavy atom. The third kappa shape index (κ3) is 5.12. The molecule has 6 nitrogen and oxygen atoms in total. The third-order valence-electron chi connectivity index (χ3n) is 5.71. The SMILES string of the molecule is CCCOc1cc(N=Nc2ccc(CCc3cc(O)c(C)cc3O)cc2)c(O)c2ccccc12. The van der Waals surface area contributed by atoms with Crippen molar-refractivity contribution in [2.45, 2.75) is 33.1 Å². The lowest BCUT2D eigenvalue weighted by molar-refractivity contribution is 0.321. The van der Waals surface area contributed by atoms with E-state index in [1.165, 1.54) is 0 Å². The molecular formula is C28H28N2O4. The van der Waals surface area contributed by atoms with Crippen molar-refractivity contribution in [3.8, 4) is 23.0 Å². The predicted molar refractivity (Wildman–Crippen MR) is 134 cm³/mol. The van der Waals surface area contributed by atoms with Crippen LogP contribution in [-0.2, 0) is 12.8 Å². The molecule has 0 amide bonds. The van der Waals surface area contributed by atoms with E-state index in [9.17, 15) is 15.3 Å². The summed E-state index contributed by atoms with van der Waals surface area (Å²) in [5.41, 5.74) is 3.44. The second-order valence-corrected chi connectivity index (χ2v) is 8.27. The number of benzene rings is 4. The molecule has 0 bridgehead atoms. The van der Waals surface area contributed by atoms with Gasteiger partial charge in [0.2, 0.25) is 0 Å². The Labute approximate surface area is 198 Å². The van der Waals surface area contributed by atoms with Crippen LogP contribution >= 0.6 is 0 Å². The van der Waals surface area contributed by atoms with Crippen molar-refractivity contribution < 1.29 is 20.1 Å². The van der Waals surface area contributed by atoms with Gasteiger partial charge in [0.25, 0.3) is 0 Å². The summed E-state index contributed by atoms with van der Waals surface area (Å²) >= 11 is 0. The molecule has 0 heterocycles. The Kier molecular flexibility index (Phi) is 6.97. The summed E-state index contributed by atoms with van der Waals surface area (Å²) in [6.07, 6.45) is 2.19. The highest BCUT2D eigenvalue weighted by atomic mass is 16.5. The number of hydrogen-bond donors (Lipinski definition) is 3. The molecule has 3 N–H and O–H groups in total. The molecule has 0 aliphatic carbocycles. The van der Waals surface area contributed by atoms with Gasteiger partial charge in [-0.15, -0.1) is 5.11 Å². The number of fused-ring (bicyclic) bond motifs is 1. The highest BCUT2D eigenvalue weighted by molar-refractivity contribution is 5.97. The second-order valence-electron chi connectivity index (χ2n) is 8.27. The van der Waals surface area contributed by atoms with Crippen LogP contribution in [0.2, 0.25) is 0 Å². The van der Waals surface area contributed by atoms with E-state index >= 15 is 0 Å². The molecule has 0 atom stereocenters. The van der Waals surface area contributed by atoms with Crippen LogP contribution in [0, 0.1) is 6.92 Å². The van der Waals surface area contributed by atoms with Gasteiger partial charge in [-0.25, -0.2) is 0 Å². The van der Waals surface area contributed by atoms with Gasteiger partial charge in [0.05, 0.1) is 12.3 Å². The maximum absolute atomic E-state index is 10.7. The molecule has 174 valence electrons. The number of nitrogens with zero attached hydrogens (tertiary/aromatic N) is 2. The number of ether oxygens (including phenoxy) is 1. The van der Waals surface area contributed by atoms with Crippen LogP contribution in [0.15, 0.2) is 77.0 Å². The summed E-state index contributed by atoms with van der Waals surface area (Å²) < 4.78 is 5.87. The van der Waals surface area contributed by atoms with Crippen molar-refractivity contribution in [1.82, 2.24) is 0 Å². The van der Waals surface area contributed by atoms with E-state index in [-0.39, 0.29) is 17.2 Å². The van der Waals surface area contributed by atoms with E-state index < -0.39 is 0 Å². The molecule has 0 aliphatic heterocycles. The minimum atomic E-state index is 0.0703. The molecule has 0 unspecified atom stereocenters. The van der Waals surface area contributed by atoms with E-state index in [2.05, 4.69) is 10.2 Å². The summed E-state index contributed by atoms with van der Waals surface area (Å²) in [6, 6.07) is 20.1. The van der Waals surface area contributed by atoms with E-state index in [1.54, 1.807) is 25.1 Å². The summed E-state index contributed by atoms with van der Waals surface area (Å²) in [7, 11) is 0. The van der Waals surface area contributed by atoms with E-state index in [1.807, 2.05) is 55.5 Å². The first-order valence-electron chi connectivity index (χ1n) is 11.4. The number of aryl methyl sites for hydroxylation is 3. The lowest BCUT2D eigenvalue weighted by Crippen LogP contribution is -1.95. The summed E-state index contributed by atoms with van der Waals surface area (Å²) in [5.74, 6) is 1.12. The minimum Gasteiger partial charge on any atom is -0.508 e. The average molecular weight is 457 g/mol. The molecule has 0 aliphatic rings. The molecule has 4 aromatic carbocycles. The molecule has 0 spiro atoms. The van der Waals surface area contributed by atoms with Gasteiger partial charge in [0.1, 0.15) is 22.9 Å².